The van der Waals surface area contributed by atoms with Gasteiger partial charge in [-0.05, 0) is 31.1 Å². The molecule has 3 unspecified atom stereocenters. The van der Waals surface area contributed by atoms with Crippen LogP contribution in [-0.4, -0.2) is 76.5 Å². The normalized spacial score (nSPS) is 29.7. The summed E-state index contributed by atoms with van der Waals surface area (Å²) in [6.07, 6.45) is 8.28. The summed E-state index contributed by atoms with van der Waals surface area (Å²) in [5.41, 5.74) is 6.45. The second kappa shape index (κ2) is 8.09. The van der Waals surface area contributed by atoms with Gasteiger partial charge in [0.25, 0.3) is 0 Å². The van der Waals surface area contributed by atoms with Gasteiger partial charge in [0.2, 0.25) is 5.91 Å². The number of rotatable bonds is 4. The van der Waals surface area contributed by atoms with Crippen molar-refractivity contribution in [3.8, 4) is 0 Å². The summed E-state index contributed by atoms with van der Waals surface area (Å²) >= 11 is 0. The third kappa shape index (κ3) is 3.87. The van der Waals surface area contributed by atoms with Crippen LogP contribution in [0.25, 0.3) is 0 Å². The summed E-state index contributed by atoms with van der Waals surface area (Å²) in [4.78, 5) is 26.5. The van der Waals surface area contributed by atoms with Gasteiger partial charge in [-0.1, -0.05) is 13.0 Å². The van der Waals surface area contributed by atoms with E-state index in [1.807, 2.05) is 13.1 Å². The molecular weight excluding hydrogens is 378 g/mol. The minimum Gasteiger partial charge on any atom is -0.324 e. The number of fused-ring (bicyclic) bond motifs is 2. The maximum Gasteiger partial charge on any atom is 0.227 e. The number of aliphatic imine (C=N–C) groups is 1. The molecule has 2 N–H and O–H groups in total. The van der Waals surface area contributed by atoms with E-state index in [1.165, 1.54) is 5.56 Å². The number of carbonyl (C=O) groups is 1. The van der Waals surface area contributed by atoms with Crippen molar-refractivity contribution in [2.24, 2.45) is 10.9 Å². The van der Waals surface area contributed by atoms with Crippen LogP contribution >= 0.6 is 0 Å². The van der Waals surface area contributed by atoms with Crippen molar-refractivity contribution < 1.29 is 4.79 Å². The number of nitrogens with zero attached hydrogens (tertiary/aromatic N) is 5. The summed E-state index contributed by atoms with van der Waals surface area (Å²) in [6, 6.07) is 2.55. The van der Waals surface area contributed by atoms with Gasteiger partial charge < -0.3 is 10.7 Å². The highest BCUT2D eigenvalue weighted by Crippen LogP contribution is 2.27. The Morgan fingerprint density at radius 1 is 1.20 bits per heavy atom. The standard InChI is InChI=1S/C22H31N7O/c1-3-17-11-19-20(25-22(17)30)10-16(12-23-19)13-27-6-8-28(9-7-27)18-4-5-21-24-15(2)26-29(21)14-18/h4-5,10,12,17-18,21H,3,6-9,11,13-14H2,1-2H3,(H,24,26)(H,25,30). The lowest BCUT2D eigenvalue weighted by Crippen LogP contribution is -2.56. The molecule has 0 bridgehead atoms. The zero-order chi connectivity index (χ0) is 20.7. The molecule has 1 saturated heterocycles. The molecule has 5 heterocycles. The number of hydrogen-bond donors (Lipinski definition) is 2. The Morgan fingerprint density at radius 2 is 2.03 bits per heavy atom. The van der Waals surface area contributed by atoms with Gasteiger partial charge in [-0.15, -0.1) is 0 Å². The highest BCUT2D eigenvalue weighted by Gasteiger charge is 2.32. The van der Waals surface area contributed by atoms with E-state index in [4.69, 9.17) is 0 Å². The van der Waals surface area contributed by atoms with Gasteiger partial charge in [-0.3, -0.25) is 19.6 Å². The summed E-state index contributed by atoms with van der Waals surface area (Å²) in [7, 11) is 0. The van der Waals surface area contributed by atoms with Gasteiger partial charge >= 0.3 is 0 Å². The fraction of sp³-hybridized carbons (Fsp3) is 0.591. The molecule has 5 rings (SSSR count). The van der Waals surface area contributed by atoms with E-state index in [9.17, 15) is 4.79 Å². The Bertz CT molecular complexity index is 874. The molecule has 8 nitrogen and oxygen atoms in total. The monoisotopic (exact) mass is 409 g/mol. The van der Waals surface area contributed by atoms with E-state index in [0.29, 0.717) is 6.04 Å². The van der Waals surface area contributed by atoms with Crippen LogP contribution in [-0.2, 0) is 17.8 Å². The van der Waals surface area contributed by atoms with E-state index >= 15 is 0 Å². The van der Waals surface area contributed by atoms with Crippen molar-refractivity contribution in [3.63, 3.8) is 0 Å². The van der Waals surface area contributed by atoms with Gasteiger partial charge in [0.05, 0.1) is 11.4 Å². The summed E-state index contributed by atoms with van der Waals surface area (Å²) in [5, 5.41) is 5.28. The Kier molecular flexibility index (Phi) is 5.30. The number of aromatic nitrogens is 1. The third-order valence-electron chi connectivity index (χ3n) is 6.71. The number of carbonyl (C=O) groups excluding carboxylic acids is 1. The number of nitrogens with one attached hydrogen (secondary N) is 2. The number of pyridine rings is 1. The summed E-state index contributed by atoms with van der Waals surface area (Å²) in [6.45, 7) is 10.1. The van der Waals surface area contributed by atoms with E-state index in [2.05, 4.69) is 60.7 Å². The van der Waals surface area contributed by atoms with Gasteiger partial charge in [0, 0.05) is 63.8 Å². The maximum absolute atomic E-state index is 12.2. The summed E-state index contributed by atoms with van der Waals surface area (Å²) in [5.74, 6) is 1.18. The average molecular weight is 410 g/mol. The van der Waals surface area contributed by atoms with E-state index < -0.39 is 0 Å². The van der Waals surface area contributed by atoms with Crippen molar-refractivity contribution in [1.29, 1.82) is 0 Å². The Labute approximate surface area is 178 Å². The zero-order valence-corrected chi connectivity index (χ0v) is 17.8. The molecule has 0 aromatic carbocycles. The molecule has 8 heteroatoms. The second-order valence-corrected chi connectivity index (χ2v) is 8.79. The van der Waals surface area contributed by atoms with Crippen LogP contribution in [0.5, 0.6) is 0 Å². The predicted molar refractivity (Wildman–Crippen MR) is 117 cm³/mol. The van der Waals surface area contributed by atoms with Crippen LogP contribution in [0, 0.1) is 5.92 Å². The van der Waals surface area contributed by atoms with Crippen LogP contribution < -0.4 is 10.7 Å². The molecule has 1 fully saturated rings. The fourth-order valence-electron chi connectivity index (χ4n) is 4.89. The van der Waals surface area contributed by atoms with Crippen LogP contribution in [0.3, 0.4) is 0 Å². The smallest absolute Gasteiger partial charge is 0.227 e. The number of amides is 1. The minimum atomic E-state index is 0.0549. The van der Waals surface area contributed by atoms with Crippen LogP contribution in [0.1, 0.15) is 31.5 Å². The van der Waals surface area contributed by atoms with Crippen molar-refractivity contribution in [1.82, 2.24) is 25.2 Å². The molecule has 160 valence electrons. The fourth-order valence-corrected chi connectivity index (χ4v) is 4.89. The number of amidine groups is 1. The third-order valence-corrected chi connectivity index (χ3v) is 6.71. The molecule has 0 spiro atoms. The molecule has 1 aromatic rings. The lowest BCUT2D eigenvalue weighted by molar-refractivity contribution is -0.120. The largest absolute Gasteiger partial charge is 0.324 e. The minimum absolute atomic E-state index is 0.0549. The van der Waals surface area contributed by atoms with E-state index in [1.54, 1.807) is 0 Å². The van der Waals surface area contributed by atoms with Gasteiger partial charge in [0.1, 0.15) is 12.0 Å². The summed E-state index contributed by atoms with van der Waals surface area (Å²) < 4.78 is 0. The Morgan fingerprint density at radius 3 is 2.83 bits per heavy atom. The first kappa shape index (κ1) is 19.7. The molecule has 0 radical (unpaired) electrons. The van der Waals surface area contributed by atoms with Crippen molar-refractivity contribution >= 4 is 17.4 Å². The Balaban J connectivity index is 1.15. The lowest BCUT2D eigenvalue weighted by atomic mass is 9.94. The predicted octanol–water partition coefficient (Wildman–Crippen LogP) is 1.22. The molecule has 4 aliphatic heterocycles. The quantitative estimate of drug-likeness (QED) is 0.729. The molecule has 1 amide bonds. The van der Waals surface area contributed by atoms with E-state index in [-0.39, 0.29) is 18.0 Å². The lowest BCUT2D eigenvalue weighted by Gasteiger charge is -2.41. The maximum atomic E-state index is 12.2. The molecule has 4 aliphatic rings. The second-order valence-electron chi connectivity index (χ2n) is 8.79. The SMILES string of the molecule is CCC1Cc2ncc(CN3CCN(C4C=CC5N=C(C)NN5C4)CC3)cc2NC1=O. The van der Waals surface area contributed by atoms with Gasteiger partial charge in [-0.2, -0.15) is 5.01 Å². The molecule has 0 saturated carbocycles. The van der Waals surface area contributed by atoms with E-state index in [0.717, 1.165) is 69.3 Å². The molecular formula is C22H31N7O. The van der Waals surface area contributed by atoms with Gasteiger partial charge in [0.15, 0.2) is 0 Å². The molecule has 1 aromatic heterocycles. The number of hydrogen-bond acceptors (Lipinski definition) is 7. The first-order valence-electron chi connectivity index (χ1n) is 11.1. The Hall–Kier alpha value is -2.29. The molecule has 0 aliphatic carbocycles. The topological polar surface area (TPSA) is 76.1 Å². The highest BCUT2D eigenvalue weighted by molar-refractivity contribution is 5.95. The number of hydrazine groups is 1. The number of anilines is 1. The van der Waals surface area contributed by atoms with Crippen LogP contribution in [0.15, 0.2) is 29.4 Å². The van der Waals surface area contributed by atoms with Crippen molar-refractivity contribution in [3.05, 3.63) is 35.7 Å². The van der Waals surface area contributed by atoms with Crippen LogP contribution in [0.4, 0.5) is 5.69 Å². The van der Waals surface area contributed by atoms with Crippen molar-refractivity contribution in [2.45, 2.75) is 45.4 Å². The first-order chi connectivity index (χ1) is 14.6. The average Bonchev–Trinajstić information content (AvgIpc) is 3.13. The first-order valence-corrected chi connectivity index (χ1v) is 11.1. The zero-order valence-electron chi connectivity index (χ0n) is 17.8. The highest BCUT2D eigenvalue weighted by atomic mass is 16.1. The molecule has 30 heavy (non-hydrogen) atoms. The van der Waals surface area contributed by atoms with Crippen molar-refractivity contribution in [2.75, 3.05) is 38.0 Å². The molecule has 3 atom stereocenters. The number of piperazine rings is 1. The van der Waals surface area contributed by atoms with Crippen LogP contribution in [0.2, 0.25) is 0 Å². The van der Waals surface area contributed by atoms with Gasteiger partial charge in [-0.25, -0.2) is 4.99 Å².